The molecule has 0 aliphatic carbocycles. The zero-order chi connectivity index (χ0) is 13.4. The summed E-state index contributed by atoms with van der Waals surface area (Å²) in [5.74, 6) is 0.305. The standard InChI is InChI=1S/C15H18N2O2/c1-10(11-6-3-2-4-7-11)17-14(18)12-8-5-9-16-13(12)15(17)19/h2-4,6-7,10,16,18-19H,5,8-9H2,1H3/t10-/m0/s1. The van der Waals surface area contributed by atoms with Gasteiger partial charge in [-0.2, -0.15) is 0 Å². The summed E-state index contributed by atoms with van der Waals surface area (Å²) < 4.78 is 1.60. The summed E-state index contributed by atoms with van der Waals surface area (Å²) in [6, 6.07) is 9.77. The lowest BCUT2D eigenvalue weighted by atomic mass is 10.1. The number of hydrogen-bond donors (Lipinski definition) is 3. The van der Waals surface area contributed by atoms with Crippen LogP contribution in [0.1, 0.15) is 30.5 Å². The first-order valence-electron chi connectivity index (χ1n) is 6.64. The number of nitrogens with zero attached hydrogens (tertiary/aromatic N) is 1. The summed E-state index contributed by atoms with van der Waals surface area (Å²) in [4.78, 5) is 0. The molecule has 1 aliphatic rings. The fourth-order valence-electron chi connectivity index (χ4n) is 2.76. The Morgan fingerprint density at radius 2 is 1.89 bits per heavy atom. The number of hydrogen-bond acceptors (Lipinski definition) is 3. The van der Waals surface area contributed by atoms with Gasteiger partial charge in [0.15, 0.2) is 5.88 Å². The molecule has 0 radical (unpaired) electrons. The molecule has 1 aromatic heterocycles. The van der Waals surface area contributed by atoms with Gasteiger partial charge in [0.1, 0.15) is 5.69 Å². The molecule has 0 saturated carbocycles. The number of aromatic nitrogens is 1. The molecule has 19 heavy (non-hydrogen) atoms. The molecule has 100 valence electrons. The molecule has 0 unspecified atom stereocenters. The third kappa shape index (κ3) is 1.84. The highest BCUT2D eigenvalue weighted by Crippen LogP contribution is 2.44. The van der Waals surface area contributed by atoms with Crippen LogP contribution in [-0.2, 0) is 6.42 Å². The van der Waals surface area contributed by atoms with Gasteiger partial charge in [0.25, 0.3) is 0 Å². The van der Waals surface area contributed by atoms with Crippen molar-refractivity contribution in [3.8, 4) is 11.8 Å². The minimum Gasteiger partial charge on any atom is -0.494 e. The molecule has 2 heterocycles. The van der Waals surface area contributed by atoms with Gasteiger partial charge in [0.2, 0.25) is 5.88 Å². The van der Waals surface area contributed by atoms with E-state index in [9.17, 15) is 10.2 Å². The van der Waals surface area contributed by atoms with E-state index in [1.165, 1.54) is 0 Å². The van der Waals surface area contributed by atoms with Crippen molar-refractivity contribution >= 4 is 5.69 Å². The molecule has 3 N–H and O–H groups in total. The smallest absolute Gasteiger partial charge is 0.218 e. The summed E-state index contributed by atoms with van der Waals surface area (Å²) in [6.45, 7) is 2.81. The lowest BCUT2D eigenvalue weighted by Gasteiger charge is -2.16. The highest BCUT2D eigenvalue weighted by Gasteiger charge is 2.27. The molecule has 4 nitrogen and oxygen atoms in total. The van der Waals surface area contributed by atoms with Gasteiger partial charge in [-0.3, -0.25) is 4.57 Å². The largest absolute Gasteiger partial charge is 0.494 e. The van der Waals surface area contributed by atoms with Gasteiger partial charge in [-0.25, -0.2) is 0 Å². The van der Waals surface area contributed by atoms with Crippen molar-refractivity contribution in [2.75, 3.05) is 11.9 Å². The minimum atomic E-state index is -0.103. The number of benzene rings is 1. The molecule has 0 bridgehead atoms. The third-order valence-corrected chi connectivity index (χ3v) is 3.83. The number of rotatable bonds is 2. The molecule has 0 fully saturated rings. The normalized spacial score (nSPS) is 15.6. The monoisotopic (exact) mass is 258 g/mol. The van der Waals surface area contributed by atoms with Gasteiger partial charge in [-0.1, -0.05) is 30.3 Å². The topological polar surface area (TPSA) is 57.4 Å². The second kappa shape index (κ2) is 4.53. The molecular weight excluding hydrogens is 240 g/mol. The molecule has 0 amide bonds. The number of anilines is 1. The van der Waals surface area contributed by atoms with Crippen LogP contribution < -0.4 is 5.32 Å². The lowest BCUT2D eigenvalue weighted by Crippen LogP contribution is -2.09. The molecule has 2 aromatic rings. The molecule has 3 rings (SSSR count). The van der Waals surface area contributed by atoms with Crippen molar-refractivity contribution in [1.29, 1.82) is 0 Å². The van der Waals surface area contributed by atoms with Crippen molar-refractivity contribution in [1.82, 2.24) is 4.57 Å². The molecule has 4 heteroatoms. The van der Waals surface area contributed by atoms with Gasteiger partial charge in [0, 0.05) is 12.1 Å². The van der Waals surface area contributed by atoms with Crippen LogP contribution in [0, 0.1) is 0 Å². The lowest BCUT2D eigenvalue weighted by molar-refractivity contribution is 0.356. The van der Waals surface area contributed by atoms with Crippen molar-refractivity contribution in [3.63, 3.8) is 0 Å². The number of fused-ring (bicyclic) bond motifs is 1. The van der Waals surface area contributed by atoms with E-state index in [0.29, 0.717) is 5.69 Å². The Balaban J connectivity index is 2.08. The van der Waals surface area contributed by atoms with Crippen LogP contribution in [0.2, 0.25) is 0 Å². The first-order chi connectivity index (χ1) is 9.20. The Bertz CT molecular complexity index is 560. The van der Waals surface area contributed by atoms with Crippen LogP contribution in [0.15, 0.2) is 30.3 Å². The Morgan fingerprint density at radius 1 is 1.16 bits per heavy atom. The predicted molar refractivity (Wildman–Crippen MR) is 74.8 cm³/mol. The Kier molecular flexibility index (Phi) is 2.85. The van der Waals surface area contributed by atoms with Gasteiger partial charge >= 0.3 is 0 Å². The fraction of sp³-hybridized carbons (Fsp3) is 0.333. The molecular formula is C15H18N2O2. The van der Waals surface area contributed by atoms with Gasteiger partial charge in [-0.05, 0) is 25.3 Å². The average Bonchev–Trinajstić information content (AvgIpc) is 2.72. The van der Waals surface area contributed by atoms with Crippen molar-refractivity contribution in [2.24, 2.45) is 0 Å². The Morgan fingerprint density at radius 3 is 2.58 bits per heavy atom. The zero-order valence-corrected chi connectivity index (χ0v) is 10.9. The van der Waals surface area contributed by atoms with Gasteiger partial charge in [0.05, 0.1) is 6.04 Å². The molecule has 1 aliphatic heterocycles. The highest BCUT2D eigenvalue weighted by molar-refractivity contribution is 5.66. The van der Waals surface area contributed by atoms with Crippen LogP contribution in [0.25, 0.3) is 0 Å². The van der Waals surface area contributed by atoms with Crippen LogP contribution in [0.4, 0.5) is 5.69 Å². The van der Waals surface area contributed by atoms with Gasteiger partial charge < -0.3 is 15.5 Å². The summed E-state index contributed by atoms with van der Waals surface area (Å²) >= 11 is 0. The second-order valence-electron chi connectivity index (χ2n) is 4.99. The maximum absolute atomic E-state index is 10.4. The number of aromatic hydroxyl groups is 2. The quantitative estimate of drug-likeness (QED) is 0.776. The van der Waals surface area contributed by atoms with E-state index in [4.69, 9.17) is 0 Å². The van der Waals surface area contributed by atoms with Crippen molar-refractivity contribution < 1.29 is 10.2 Å². The minimum absolute atomic E-state index is 0.103. The van der Waals surface area contributed by atoms with E-state index < -0.39 is 0 Å². The Hall–Kier alpha value is -2.10. The number of nitrogens with one attached hydrogen (secondary N) is 1. The summed E-state index contributed by atoms with van der Waals surface area (Å²) in [6.07, 6.45) is 1.78. The van der Waals surface area contributed by atoms with E-state index >= 15 is 0 Å². The van der Waals surface area contributed by atoms with Crippen LogP contribution in [-0.4, -0.2) is 21.3 Å². The van der Waals surface area contributed by atoms with E-state index in [1.54, 1.807) is 4.57 Å². The summed E-state index contributed by atoms with van der Waals surface area (Å²) in [5, 5.41) is 23.8. The molecule has 1 atom stereocenters. The first kappa shape index (κ1) is 12.0. The van der Waals surface area contributed by atoms with Gasteiger partial charge in [-0.15, -0.1) is 0 Å². The highest BCUT2D eigenvalue weighted by atomic mass is 16.3. The Labute approximate surface area is 112 Å². The maximum Gasteiger partial charge on any atom is 0.218 e. The van der Waals surface area contributed by atoms with Crippen LogP contribution >= 0.6 is 0 Å². The third-order valence-electron chi connectivity index (χ3n) is 3.83. The second-order valence-corrected chi connectivity index (χ2v) is 4.99. The summed E-state index contributed by atoms with van der Waals surface area (Å²) in [5.41, 5.74) is 2.57. The van der Waals surface area contributed by atoms with Crippen LogP contribution in [0.3, 0.4) is 0 Å². The van der Waals surface area contributed by atoms with E-state index in [-0.39, 0.29) is 17.8 Å². The maximum atomic E-state index is 10.4. The molecule has 0 spiro atoms. The summed E-state index contributed by atoms with van der Waals surface area (Å²) in [7, 11) is 0. The van der Waals surface area contributed by atoms with E-state index in [0.717, 1.165) is 30.5 Å². The zero-order valence-electron chi connectivity index (χ0n) is 10.9. The van der Waals surface area contributed by atoms with Crippen molar-refractivity contribution in [2.45, 2.75) is 25.8 Å². The SMILES string of the molecule is C[C@@H](c1ccccc1)n1c(O)c2c(c1O)NCCC2. The molecule has 0 saturated heterocycles. The van der Waals surface area contributed by atoms with Crippen molar-refractivity contribution in [3.05, 3.63) is 41.5 Å². The van der Waals surface area contributed by atoms with Crippen LogP contribution in [0.5, 0.6) is 11.8 Å². The van der Waals surface area contributed by atoms with E-state index in [2.05, 4.69) is 5.32 Å². The first-order valence-corrected chi connectivity index (χ1v) is 6.64. The fourth-order valence-corrected chi connectivity index (χ4v) is 2.76. The predicted octanol–water partition coefficient (Wildman–Crippen LogP) is 2.87. The average molecular weight is 258 g/mol. The van der Waals surface area contributed by atoms with E-state index in [1.807, 2.05) is 37.3 Å². The molecule has 1 aromatic carbocycles.